The van der Waals surface area contributed by atoms with Crippen LogP contribution in [0.4, 0.5) is 5.69 Å². The van der Waals surface area contributed by atoms with Crippen molar-refractivity contribution in [3.8, 4) is 0 Å². The van der Waals surface area contributed by atoms with Crippen LogP contribution in [0.3, 0.4) is 0 Å². The van der Waals surface area contributed by atoms with E-state index < -0.39 is 5.41 Å². The molecule has 4 nitrogen and oxygen atoms in total. The van der Waals surface area contributed by atoms with Crippen molar-refractivity contribution in [3.05, 3.63) is 28.3 Å². The summed E-state index contributed by atoms with van der Waals surface area (Å²) in [6, 6.07) is 3.80. The highest BCUT2D eigenvalue weighted by atomic mass is 35.5. The molecule has 5 heteroatoms. The number of benzene rings is 1. The second-order valence-electron chi connectivity index (χ2n) is 6.47. The Hall–Kier alpha value is -1.55. The summed E-state index contributed by atoms with van der Waals surface area (Å²) in [4.78, 5) is 27.1. The maximum Gasteiger partial charge on any atom is 0.240 e. The molecule has 0 unspecified atom stereocenters. The summed E-state index contributed by atoms with van der Waals surface area (Å²) >= 11 is 6.25. The number of hydrogen-bond donors (Lipinski definition) is 1. The third kappa shape index (κ3) is 2.60. The number of nitrogens with one attached hydrogen (secondary N) is 1. The zero-order chi connectivity index (χ0) is 15.9. The standard InChI is InChI=1S/C17H21ClN2O2/c1-11-9-12(2)14(13(18)10-11)19-15(21)17(5-6-17)16(22)20-7-3-4-8-20/h9-10H,3-8H2,1-2H3,(H,19,21). The lowest BCUT2D eigenvalue weighted by atomic mass is 10.0. The van der Waals surface area contributed by atoms with E-state index in [1.54, 1.807) is 0 Å². The number of rotatable bonds is 3. The molecule has 3 rings (SSSR count). The van der Waals surface area contributed by atoms with Crippen molar-refractivity contribution < 1.29 is 9.59 Å². The lowest BCUT2D eigenvalue weighted by Gasteiger charge is -2.23. The van der Waals surface area contributed by atoms with Gasteiger partial charge in [0.15, 0.2) is 0 Å². The summed E-state index contributed by atoms with van der Waals surface area (Å²) in [5, 5.41) is 3.42. The summed E-state index contributed by atoms with van der Waals surface area (Å²) in [5.41, 5.74) is 1.74. The Morgan fingerprint density at radius 3 is 2.36 bits per heavy atom. The van der Waals surface area contributed by atoms with Crippen LogP contribution in [0.5, 0.6) is 0 Å². The van der Waals surface area contributed by atoms with Gasteiger partial charge >= 0.3 is 0 Å². The number of amides is 2. The smallest absolute Gasteiger partial charge is 0.240 e. The lowest BCUT2D eigenvalue weighted by Crippen LogP contribution is -2.41. The molecule has 1 aromatic rings. The van der Waals surface area contributed by atoms with Gasteiger partial charge in [-0.25, -0.2) is 0 Å². The normalized spacial score (nSPS) is 19.1. The maximum absolute atomic E-state index is 12.7. The molecular weight excluding hydrogens is 300 g/mol. The van der Waals surface area contributed by atoms with Crippen LogP contribution in [0.15, 0.2) is 12.1 Å². The summed E-state index contributed by atoms with van der Waals surface area (Å²) in [7, 11) is 0. The van der Waals surface area contributed by atoms with Crippen LogP contribution in [-0.4, -0.2) is 29.8 Å². The molecule has 1 aliphatic heterocycles. The fourth-order valence-corrected chi connectivity index (χ4v) is 3.56. The highest BCUT2D eigenvalue weighted by Crippen LogP contribution is 2.49. The van der Waals surface area contributed by atoms with Gasteiger partial charge in [0, 0.05) is 13.1 Å². The van der Waals surface area contributed by atoms with Crippen molar-refractivity contribution in [2.75, 3.05) is 18.4 Å². The molecule has 1 heterocycles. The van der Waals surface area contributed by atoms with Crippen LogP contribution >= 0.6 is 11.6 Å². The highest BCUT2D eigenvalue weighted by molar-refractivity contribution is 6.34. The molecule has 1 N–H and O–H groups in total. The lowest BCUT2D eigenvalue weighted by molar-refractivity contribution is -0.141. The van der Waals surface area contributed by atoms with Gasteiger partial charge in [0.2, 0.25) is 11.8 Å². The van der Waals surface area contributed by atoms with E-state index in [2.05, 4.69) is 5.32 Å². The molecule has 2 fully saturated rings. The molecule has 2 aliphatic rings. The molecule has 22 heavy (non-hydrogen) atoms. The largest absolute Gasteiger partial charge is 0.342 e. The van der Waals surface area contributed by atoms with Gasteiger partial charge in [0.25, 0.3) is 0 Å². The van der Waals surface area contributed by atoms with Crippen molar-refractivity contribution >= 4 is 29.1 Å². The van der Waals surface area contributed by atoms with E-state index in [1.165, 1.54) is 0 Å². The molecule has 0 aromatic heterocycles. The van der Waals surface area contributed by atoms with Gasteiger partial charge in [-0.05, 0) is 56.7 Å². The molecule has 0 spiro atoms. The zero-order valence-electron chi connectivity index (χ0n) is 13.0. The van der Waals surface area contributed by atoms with Gasteiger partial charge in [0.05, 0.1) is 10.7 Å². The average Bonchev–Trinajstić information content (AvgIpc) is 3.09. The van der Waals surface area contributed by atoms with E-state index in [9.17, 15) is 9.59 Å². The second-order valence-corrected chi connectivity index (χ2v) is 6.88. The van der Waals surface area contributed by atoms with E-state index >= 15 is 0 Å². The minimum atomic E-state index is -0.856. The van der Waals surface area contributed by atoms with Crippen molar-refractivity contribution in [1.82, 2.24) is 4.90 Å². The van der Waals surface area contributed by atoms with Gasteiger partial charge in [-0.3, -0.25) is 9.59 Å². The molecule has 2 amide bonds. The number of halogens is 1. The highest BCUT2D eigenvalue weighted by Gasteiger charge is 2.58. The number of carbonyl (C=O) groups excluding carboxylic acids is 2. The molecule has 118 valence electrons. The molecule has 0 radical (unpaired) electrons. The predicted molar refractivity (Wildman–Crippen MR) is 87.0 cm³/mol. The molecule has 1 aliphatic carbocycles. The van der Waals surface area contributed by atoms with Crippen LogP contribution < -0.4 is 5.32 Å². The molecule has 1 saturated heterocycles. The third-order valence-corrected chi connectivity index (χ3v) is 4.96. The van der Waals surface area contributed by atoms with E-state index in [-0.39, 0.29) is 11.8 Å². The van der Waals surface area contributed by atoms with Gasteiger partial charge in [-0.2, -0.15) is 0 Å². The van der Waals surface area contributed by atoms with E-state index in [4.69, 9.17) is 11.6 Å². The fraction of sp³-hybridized carbons (Fsp3) is 0.529. The second kappa shape index (κ2) is 5.58. The minimum absolute atomic E-state index is 0.0108. The fourth-order valence-electron chi connectivity index (χ4n) is 3.19. The quantitative estimate of drug-likeness (QED) is 0.869. The zero-order valence-corrected chi connectivity index (χ0v) is 13.8. The van der Waals surface area contributed by atoms with Crippen molar-refractivity contribution in [1.29, 1.82) is 0 Å². The van der Waals surface area contributed by atoms with E-state index in [0.717, 1.165) is 37.1 Å². The Morgan fingerprint density at radius 2 is 1.82 bits per heavy atom. The number of nitrogens with zero attached hydrogens (tertiary/aromatic N) is 1. The molecule has 0 bridgehead atoms. The van der Waals surface area contributed by atoms with Gasteiger partial charge in [0.1, 0.15) is 5.41 Å². The van der Waals surface area contributed by atoms with Gasteiger partial charge in [-0.15, -0.1) is 0 Å². The number of hydrogen-bond acceptors (Lipinski definition) is 2. The Kier molecular flexibility index (Phi) is 3.89. The SMILES string of the molecule is Cc1cc(C)c(NC(=O)C2(C(=O)N3CCCC3)CC2)c(Cl)c1. The number of aryl methyl sites for hydroxylation is 2. The third-order valence-electron chi connectivity index (χ3n) is 4.66. The molecular formula is C17H21ClN2O2. The van der Waals surface area contributed by atoms with Gasteiger partial charge < -0.3 is 10.2 Å². The summed E-state index contributed by atoms with van der Waals surface area (Å²) in [6.45, 7) is 5.43. The van der Waals surface area contributed by atoms with Crippen LogP contribution in [0.1, 0.15) is 36.8 Å². The topological polar surface area (TPSA) is 49.4 Å². The van der Waals surface area contributed by atoms with Crippen molar-refractivity contribution in [3.63, 3.8) is 0 Å². The first-order chi connectivity index (χ1) is 10.4. The van der Waals surface area contributed by atoms with E-state index in [1.807, 2.05) is 30.9 Å². The summed E-state index contributed by atoms with van der Waals surface area (Å²) in [6.07, 6.45) is 3.34. The van der Waals surface area contributed by atoms with Crippen LogP contribution in [-0.2, 0) is 9.59 Å². The maximum atomic E-state index is 12.7. The molecule has 1 saturated carbocycles. The van der Waals surface area contributed by atoms with Crippen molar-refractivity contribution in [2.24, 2.45) is 5.41 Å². The Balaban J connectivity index is 1.78. The number of anilines is 1. The Bertz CT molecular complexity index is 609. The number of likely N-dealkylation sites (tertiary alicyclic amines) is 1. The first kappa shape index (κ1) is 15.3. The summed E-state index contributed by atoms with van der Waals surface area (Å²) < 4.78 is 0. The molecule has 1 aromatic carbocycles. The van der Waals surface area contributed by atoms with Crippen LogP contribution in [0.2, 0.25) is 5.02 Å². The molecule has 0 atom stereocenters. The number of carbonyl (C=O) groups is 2. The van der Waals surface area contributed by atoms with Crippen LogP contribution in [0, 0.1) is 19.3 Å². The minimum Gasteiger partial charge on any atom is -0.342 e. The first-order valence-electron chi connectivity index (χ1n) is 7.82. The summed E-state index contributed by atoms with van der Waals surface area (Å²) in [5.74, 6) is -0.221. The van der Waals surface area contributed by atoms with Crippen LogP contribution in [0.25, 0.3) is 0 Å². The van der Waals surface area contributed by atoms with Gasteiger partial charge in [-0.1, -0.05) is 17.7 Å². The Morgan fingerprint density at radius 1 is 1.18 bits per heavy atom. The first-order valence-corrected chi connectivity index (χ1v) is 8.19. The predicted octanol–water partition coefficient (Wildman–Crippen LogP) is 3.30. The average molecular weight is 321 g/mol. The van der Waals surface area contributed by atoms with E-state index in [0.29, 0.717) is 23.6 Å². The Labute approximate surface area is 135 Å². The van der Waals surface area contributed by atoms with Crippen molar-refractivity contribution in [2.45, 2.75) is 39.5 Å². The monoisotopic (exact) mass is 320 g/mol.